The molecule has 0 saturated carbocycles. The quantitative estimate of drug-likeness (QED) is 0.372. The minimum atomic E-state index is -1.21. The Labute approximate surface area is 257 Å². The summed E-state index contributed by atoms with van der Waals surface area (Å²) in [6, 6.07) is 7.73. The molecule has 7 atom stereocenters. The molecule has 3 amide bonds. The van der Waals surface area contributed by atoms with Gasteiger partial charge in [0.2, 0.25) is 17.7 Å². The molecule has 8 heteroatoms. The van der Waals surface area contributed by atoms with Crippen molar-refractivity contribution in [2.45, 2.75) is 97.1 Å². The molecule has 236 valence electrons. The van der Waals surface area contributed by atoms with Crippen LogP contribution in [0, 0.1) is 23.2 Å². The van der Waals surface area contributed by atoms with Gasteiger partial charge in [-0.2, -0.15) is 0 Å². The fraction of sp³-hybridized carbons (Fsp3) is 0.629. The smallest absolute Gasteiger partial charge is 0.249 e. The Balaban J connectivity index is 1.86. The minimum absolute atomic E-state index is 0.0680. The molecule has 3 fully saturated rings. The van der Waals surface area contributed by atoms with Crippen LogP contribution in [0.15, 0.2) is 55.6 Å². The topological polar surface area (TPSA) is 90.4 Å². The van der Waals surface area contributed by atoms with E-state index >= 15 is 0 Å². The Morgan fingerprint density at radius 2 is 1.72 bits per heavy atom. The van der Waals surface area contributed by atoms with Crippen molar-refractivity contribution in [3.63, 3.8) is 0 Å². The molecule has 43 heavy (non-hydrogen) atoms. The summed E-state index contributed by atoms with van der Waals surface area (Å²) < 4.78 is 6.96. The van der Waals surface area contributed by atoms with Crippen LogP contribution >= 0.6 is 0 Å². The lowest BCUT2D eigenvalue weighted by Crippen LogP contribution is -2.62. The van der Waals surface area contributed by atoms with Gasteiger partial charge in [-0.3, -0.25) is 14.4 Å². The van der Waals surface area contributed by atoms with E-state index in [1.54, 1.807) is 24.0 Å². The number of hydrogen-bond donors (Lipinski definition) is 1. The van der Waals surface area contributed by atoms with Gasteiger partial charge in [0.1, 0.15) is 11.6 Å². The second kappa shape index (κ2) is 11.5. The highest BCUT2D eigenvalue weighted by molar-refractivity contribution is 6.03. The van der Waals surface area contributed by atoms with E-state index in [4.69, 9.17) is 4.74 Å². The Morgan fingerprint density at radius 3 is 2.26 bits per heavy atom. The molecule has 0 radical (unpaired) electrons. The number of rotatable bonds is 11. The van der Waals surface area contributed by atoms with Crippen molar-refractivity contribution in [3.05, 3.63) is 55.6 Å². The molecule has 0 aliphatic carbocycles. The fourth-order valence-corrected chi connectivity index (χ4v) is 8.43. The molecule has 3 heterocycles. The van der Waals surface area contributed by atoms with Crippen molar-refractivity contribution in [2.75, 3.05) is 24.6 Å². The van der Waals surface area contributed by atoms with E-state index < -0.39 is 40.7 Å². The van der Waals surface area contributed by atoms with Gasteiger partial charge in [-0.05, 0) is 64.0 Å². The minimum Gasteiger partial charge on any atom is -0.394 e. The standard InChI is InChI=1S/C35H51N3O5/c1-11-18-36(25-16-14-13-15-17-25)29(40)26-27-30(41)38(24(4)21-39)28(35(27)20-23(3)34(26,10)43-35)31(42)37(19-12-2)33(8,9)22-32(5,6)7/h11-17,23-24,26-28,39H,1-2,18-22H2,3-10H3/t23?,24-,26-,27+,28?,34+,35?/m1/s1. The molecule has 2 bridgehead atoms. The molecule has 3 aliphatic heterocycles. The van der Waals surface area contributed by atoms with Gasteiger partial charge in [0.25, 0.3) is 0 Å². The number of fused-ring (bicyclic) bond motifs is 1. The van der Waals surface area contributed by atoms with Crippen LogP contribution in [0.2, 0.25) is 0 Å². The van der Waals surface area contributed by atoms with Crippen molar-refractivity contribution in [2.24, 2.45) is 23.2 Å². The first-order chi connectivity index (χ1) is 20.0. The van der Waals surface area contributed by atoms with Gasteiger partial charge in [0.05, 0.1) is 30.1 Å². The van der Waals surface area contributed by atoms with Crippen molar-refractivity contribution < 1.29 is 24.2 Å². The first kappa shape index (κ1) is 32.9. The number of para-hydroxylation sites is 1. The number of aliphatic hydroxyl groups is 1. The third-order valence-corrected chi connectivity index (χ3v) is 9.91. The summed E-state index contributed by atoms with van der Waals surface area (Å²) in [6.07, 6.45) is 4.57. The molecule has 1 aromatic carbocycles. The Kier molecular flexibility index (Phi) is 8.82. The van der Waals surface area contributed by atoms with E-state index in [2.05, 4.69) is 33.9 Å². The number of hydrogen-bond acceptors (Lipinski definition) is 5. The van der Waals surface area contributed by atoms with Crippen molar-refractivity contribution in [1.82, 2.24) is 9.80 Å². The number of likely N-dealkylation sites (tertiary alicyclic amines) is 1. The van der Waals surface area contributed by atoms with E-state index in [0.29, 0.717) is 18.7 Å². The third-order valence-electron chi connectivity index (χ3n) is 9.91. The maximum absolute atomic E-state index is 14.9. The molecule has 4 rings (SSSR count). The van der Waals surface area contributed by atoms with Crippen LogP contribution in [0.4, 0.5) is 5.69 Å². The maximum Gasteiger partial charge on any atom is 0.249 e. The summed E-state index contributed by atoms with van der Waals surface area (Å²) in [5, 5.41) is 10.3. The number of nitrogens with zero attached hydrogens (tertiary/aromatic N) is 3. The van der Waals surface area contributed by atoms with Gasteiger partial charge < -0.3 is 24.5 Å². The van der Waals surface area contributed by atoms with Crippen molar-refractivity contribution in [1.29, 1.82) is 0 Å². The monoisotopic (exact) mass is 593 g/mol. The van der Waals surface area contributed by atoms with E-state index in [9.17, 15) is 19.5 Å². The van der Waals surface area contributed by atoms with Gasteiger partial charge in [0, 0.05) is 24.3 Å². The van der Waals surface area contributed by atoms with Gasteiger partial charge >= 0.3 is 0 Å². The van der Waals surface area contributed by atoms with Gasteiger partial charge in [-0.15, -0.1) is 13.2 Å². The van der Waals surface area contributed by atoms with Gasteiger partial charge in [0.15, 0.2) is 0 Å². The number of carbonyl (C=O) groups excluding carboxylic acids is 3. The molecular weight excluding hydrogens is 542 g/mol. The summed E-state index contributed by atoms with van der Waals surface area (Å²) in [5.41, 5.74) is -2.09. The number of carbonyl (C=O) groups is 3. The first-order valence-corrected chi connectivity index (χ1v) is 15.5. The van der Waals surface area contributed by atoms with Crippen LogP contribution in [0.25, 0.3) is 0 Å². The first-order valence-electron chi connectivity index (χ1n) is 15.5. The predicted octanol–water partition coefficient (Wildman–Crippen LogP) is 4.83. The zero-order chi connectivity index (χ0) is 32.1. The molecule has 3 unspecified atom stereocenters. The van der Waals surface area contributed by atoms with Gasteiger partial charge in [-0.25, -0.2) is 0 Å². The molecule has 1 aromatic rings. The number of ether oxygens (including phenoxy) is 1. The summed E-state index contributed by atoms with van der Waals surface area (Å²) in [4.78, 5) is 49.1. The Morgan fingerprint density at radius 1 is 1.12 bits per heavy atom. The second-order valence-corrected chi connectivity index (χ2v) is 14.8. The van der Waals surface area contributed by atoms with Crippen molar-refractivity contribution in [3.8, 4) is 0 Å². The highest BCUT2D eigenvalue weighted by atomic mass is 16.5. The number of aliphatic hydroxyl groups excluding tert-OH is 1. The zero-order valence-electron chi connectivity index (χ0n) is 27.3. The molecule has 8 nitrogen and oxygen atoms in total. The van der Waals surface area contributed by atoms with E-state index in [1.807, 2.05) is 62.9 Å². The number of amides is 3. The van der Waals surface area contributed by atoms with Crippen LogP contribution in [-0.4, -0.2) is 81.1 Å². The van der Waals surface area contributed by atoms with Crippen LogP contribution < -0.4 is 4.90 Å². The zero-order valence-corrected chi connectivity index (χ0v) is 27.3. The largest absolute Gasteiger partial charge is 0.394 e. The van der Waals surface area contributed by atoms with Crippen LogP contribution in [0.5, 0.6) is 0 Å². The summed E-state index contributed by atoms with van der Waals surface area (Å²) in [6.45, 7) is 24.3. The predicted molar refractivity (Wildman–Crippen MR) is 169 cm³/mol. The average Bonchev–Trinajstić information content (AvgIpc) is 3.44. The van der Waals surface area contributed by atoms with Crippen LogP contribution in [0.3, 0.4) is 0 Å². The molecule has 1 N–H and O–H groups in total. The second-order valence-electron chi connectivity index (χ2n) is 14.8. The Bertz CT molecular complexity index is 1260. The third kappa shape index (κ3) is 5.35. The lowest BCUT2D eigenvalue weighted by Gasteiger charge is -2.46. The maximum atomic E-state index is 14.9. The SMILES string of the molecule is C=CCN(C(=O)[C@H]1[C@H]2C(=O)N([C@H](C)CO)C(C(=O)N(CC=C)C(C)(C)CC(C)(C)C)C23CC(C)[C@]1(C)O3)c1ccccc1. The average molecular weight is 594 g/mol. The van der Waals surface area contributed by atoms with Crippen LogP contribution in [-0.2, 0) is 19.1 Å². The molecule has 0 aromatic heterocycles. The molecular formula is C35H51N3O5. The van der Waals surface area contributed by atoms with E-state index in [0.717, 1.165) is 6.42 Å². The lowest BCUT2D eigenvalue weighted by molar-refractivity contribution is -0.159. The summed E-state index contributed by atoms with van der Waals surface area (Å²) in [5.74, 6) is -2.54. The van der Waals surface area contributed by atoms with Crippen molar-refractivity contribution >= 4 is 23.4 Å². The van der Waals surface area contributed by atoms with Gasteiger partial charge in [-0.1, -0.05) is 58.0 Å². The van der Waals surface area contributed by atoms with E-state index in [1.165, 1.54) is 4.90 Å². The highest BCUT2D eigenvalue weighted by Gasteiger charge is 2.80. The molecule has 3 aliphatic rings. The summed E-state index contributed by atoms with van der Waals surface area (Å²) >= 11 is 0. The number of benzene rings is 1. The summed E-state index contributed by atoms with van der Waals surface area (Å²) in [7, 11) is 0. The number of anilines is 1. The Hall–Kier alpha value is -2.97. The normalized spacial score (nSPS) is 30.6. The molecule has 1 spiro atoms. The van der Waals surface area contributed by atoms with Crippen LogP contribution in [0.1, 0.15) is 68.2 Å². The highest BCUT2D eigenvalue weighted by Crippen LogP contribution is 2.66. The lowest BCUT2D eigenvalue weighted by atomic mass is 9.62. The fourth-order valence-electron chi connectivity index (χ4n) is 8.43. The van der Waals surface area contributed by atoms with E-state index in [-0.39, 0.29) is 42.2 Å². The molecule has 3 saturated heterocycles.